The van der Waals surface area contributed by atoms with Crippen molar-refractivity contribution in [3.05, 3.63) is 180 Å². The maximum absolute atomic E-state index is 15.5. The third kappa shape index (κ3) is 4.08. The molecule has 6 aromatic rings. The van der Waals surface area contributed by atoms with E-state index < -0.39 is 7.14 Å². The molecule has 1 aliphatic heterocycles. The smallest absolute Gasteiger partial charge is 0.172 e. The minimum absolute atomic E-state index is 0.862. The first kappa shape index (κ1) is 24.3. The monoisotopic (exact) mass is 530 g/mol. The SMILES string of the molecule is O=P1(c2ccccc2)C(c2ccc(-c3ccccc3)cc2)=C(c2ccc(-c3ccccc3)cc2)c2ccccc21. The van der Waals surface area contributed by atoms with E-state index >= 15 is 4.57 Å². The Balaban J connectivity index is 1.46. The first-order valence-corrected chi connectivity index (χ1v) is 15.3. The molecule has 0 aliphatic carbocycles. The maximum Gasteiger partial charge on any atom is 0.172 e. The van der Waals surface area contributed by atoms with Crippen LogP contribution in [0.4, 0.5) is 0 Å². The molecule has 1 heterocycles. The van der Waals surface area contributed by atoms with E-state index in [0.717, 1.165) is 49.3 Å². The largest absolute Gasteiger partial charge is 0.309 e. The number of benzene rings is 6. The summed E-state index contributed by atoms with van der Waals surface area (Å²) in [5.41, 5.74) is 8.81. The average molecular weight is 531 g/mol. The minimum Gasteiger partial charge on any atom is -0.309 e. The number of rotatable bonds is 5. The lowest BCUT2D eigenvalue weighted by Crippen LogP contribution is -2.15. The van der Waals surface area contributed by atoms with Crippen LogP contribution in [0.1, 0.15) is 16.7 Å². The van der Waals surface area contributed by atoms with Crippen LogP contribution in [0.3, 0.4) is 0 Å². The van der Waals surface area contributed by atoms with Crippen LogP contribution in [0.25, 0.3) is 33.1 Å². The van der Waals surface area contributed by atoms with Crippen molar-refractivity contribution in [3.63, 3.8) is 0 Å². The van der Waals surface area contributed by atoms with E-state index in [9.17, 15) is 0 Å². The average Bonchev–Trinajstić information content (AvgIpc) is 3.32. The molecule has 40 heavy (non-hydrogen) atoms. The van der Waals surface area contributed by atoms with Crippen molar-refractivity contribution in [1.29, 1.82) is 0 Å². The summed E-state index contributed by atoms with van der Waals surface area (Å²) in [7, 11) is -3.14. The van der Waals surface area contributed by atoms with Gasteiger partial charge >= 0.3 is 0 Å². The third-order valence-electron chi connectivity index (χ3n) is 7.73. The van der Waals surface area contributed by atoms with Crippen molar-refractivity contribution < 1.29 is 4.57 Å². The Morgan fingerprint density at radius 1 is 0.350 bits per heavy atom. The van der Waals surface area contributed by atoms with Gasteiger partial charge in [-0.25, -0.2) is 0 Å². The summed E-state index contributed by atoms with van der Waals surface area (Å²) in [6.45, 7) is 0. The summed E-state index contributed by atoms with van der Waals surface area (Å²) in [5, 5.41) is 2.68. The van der Waals surface area contributed by atoms with Crippen molar-refractivity contribution in [2.24, 2.45) is 0 Å². The fraction of sp³-hybridized carbons (Fsp3) is 0. The van der Waals surface area contributed by atoms with Gasteiger partial charge in [-0.15, -0.1) is 0 Å². The van der Waals surface area contributed by atoms with Crippen LogP contribution < -0.4 is 10.6 Å². The minimum atomic E-state index is -3.14. The highest BCUT2D eigenvalue weighted by Crippen LogP contribution is 2.65. The number of hydrogen-bond donors (Lipinski definition) is 0. The standard InChI is InChI=1S/C38H27OP/c39-40(34-16-8-3-9-17-34)36-19-11-10-18-35(36)37(32-24-20-30(21-25-32)28-12-4-1-5-13-28)38(40)33-26-22-31(23-27-33)29-14-6-2-7-15-29/h1-27H. The number of hydrogen-bond acceptors (Lipinski definition) is 1. The summed E-state index contributed by atoms with van der Waals surface area (Å²) in [6, 6.07) is 56.3. The lowest BCUT2D eigenvalue weighted by atomic mass is 9.93. The van der Waals surface area contributed by atoms with E-state index in [1.165, 1.54) is 11.1 Å². The zero-order valence-electron chi connectivity index (χ0n) is 21.9. The second-order valence-corrected chi connectivity index (χ2v) is 12.7. The zero-order valence-corrected chi connectivity index (χ0v) is 22.8. The molecule has 0 N–H and O–H groups in total. The molecular formula is C38H27OP. The highest BCUT2D eigenvalue weighted by atomic mass is 31.2. The van der Waals surface area contributed by atoms with Gasteiger partial charge in [0, 0.05) is 21.5 Å². The van der Waals surface area contributed by atoms with Gasteiger partial charge in [0.25, 0.3) is 0 Å². The summed E-state index contributed by atoms with van der Waals surface area (Å²) < 4.78 is 15.5. The molecule has 1 atom stereocenters. The Morgan fingerprint density at radius 3 is 1.30 bits per heavy atom. The first-order chi connectivity index (χ1) is 19.7. The van der Waals surface area contributed by atoms with Gasteiger partial charge in [-0.05, 0) is 38.9 Å². The first-order valence-electron chi connectivity index (χ1n) is 13.6. The molecule has 1 nitrogen and oxygen atoms in total. The van der Waals surface area contributed by atoms with Crippen molar-refractivity contribution >= 4 is 28.6 Å². The van der Waals surface area contributed by atoms with Crippen LogP contribution in [0, 0.1) is 0 Å². The predicted octanol–water partition coefficient (Wildman–Crippen LogP) is 9.26. The lowest BCUT2D eigenvalue weighted by Gasteiger charge is -2.20. The Labute approximate surface area is 235 Å². The molecule has 1 aliphatic rings. The molecule has 2 heteroatoms. The lowest BCUT2D eigenvalue weighted by molar-refractivity contribution is 0.593. The summed E-state index contributed by atoms with van der Waals surface area (Å²) in [4.78, 5) is 0. The van der Waals surface area contributed by atoms with Gasteiger partial charge in [-0.1, -0.05) is 164 Å². The van der Waals surface area contributed by atoms with Crippen molar-refractivity contribution in [2.75, 3.05) is 0 Å². The van der Waals surface area contributed by atoms with Gasteiger partial charge in [-0.2, -0.15) is 0 Å². The van der Waals surface area contributed by atoms with Crippen LogP contribution >= 0.6 is 7.14 Å². The van der Waals surface area contributed by atoms with Gasteiger partial charge in [0.2, 0.25) is 0 Å². The predicted molar refractivity (Wildman–Crippen MR) is 169 cm³/mol. The molecule has 0 saturated heterocycles. The fourth-order valence-electron chi connectivity index (χ4n) is 5.80. The quantitative estimate of drug-likeness (QED) is 0.203. The second kappa shape index (κ2) is 10.1. The Hall–Kier alpha value is -4.71. The van der Waals surface area contributed by atoms with Gasteiger partial charge in [0.15, 0.2) is 7.14 Å². The molecular weight excluding hydrogens is 503 g/mol. The van der Waals surface area contributed by atoms with Crippen molar-refractivity contribution in [1.82, 2.24) is 0 Å². The molecule has 7 rings (SSSR count). The van der Waals surface area contributed by atoms with Gasteiger partial charge in [0.1, 0.15) is 0 Å². The normalized spacial score (nSPS) is 16.1. The highest BCUT2D eigenvalue weighted by Gasteiger charge is 2.43. The van der Waals surface area contributed by atoms with Crippen LogP contribution in [-0.2, 0) is 4.57 Å². The summed E-state index contributed by atoms with van der Waals surface area (Å²) >= 11 is 0. The molecule has 0 bridgehead atoms. The molecule has 0 fully saturated rings. The summed E-state index contributed by atoms with van der Waals surface area (Å²) in [5.74, 6) is 0. The molecule has 6 aromatic carbocycles. The molecule has 0 aromatic heterocycles. The second-order valence-electron chi connectivity index (χ2n) is 10.1. The topological polar surface area (TPSA) is 17.1 Å². The van der Waals surface area contributed by atoms with E-state index in [-0.39, 0.29) is 0 Å². The zero-order chi connectivity index (χ0) is 26.9. The molecule has 0 radical (unpaired) electrons. The fourth-order valence-corrected chi connectivity index (χ4v) is 9.07. The molecule has 0 spiro atoms. The van der Waals surface area contributed by atoms with E-state index in [1.54, 1.807) is 0 Å². The van der Waals surface area contributed by atoms with Crippen molar-refractivity contribution in [3.8, 4) is 22.3 Å². The molecule has 0 saturated carbocycles. The Kier molecular flexibility index (Phi) is 6.16. The molecule has 1 unspecified atom stereocenters. The van der Waals surface area contributed by atoms with E-state index in [2.05, 4.69) is 103 Å². The molecule has 0 amide bonds. The van der Waals surface area contributed by atoms with E-state index in [0.29, 0.717) is 0 Å². The van der Waals surface area contributed by atoms with Crippen LogP contribution in [0.5, 0.6) is 0 Å². The van der Waals surface area contributed by atoms with Crippen LogP contribution in [-0.4, -0.2) is 0 Å². The van der Waals surface area contributed by atoms with Crippen LogP contribution in [0.2, 0.25) is 0 Å². The molecule has 190 valence electrons. The van der Waals surface area contributed by atoms with Gasteiger partial charge < -0.3 is 4.57 Å². The maximum atomic E-state index is 15.5. The Morgan fingerprint density at radius 2 is 0.750 bits per heavy atom. The van der Waals surface area contributed by atoms with Gasteiger partial charge in [-0.3, -0.25) is 0 Å². The third-order valence-corrected chi connectivity index (χ3v) is 10.9. The summed E-state index contributed by atoms with van der Waals surface area (Å²) in [6.07, 6.45) is 0. The van der Waals surface area contributed by atoms with Gasteiger partial charge in [0.05, 0.1) is 0 Å². The van der Waals surface area contributed by atoms with E-state index in [4.69, 9.17) is 0 Å². The number of fused-ring (bicyclic) bond motifs is 1. The van der Waals surface area contributed by atoms with Crippen molar-refractivity contribution in [2.45, 2.75) is 0 Å². The van der Waals surface area contributed by atoms with Crippen LogP contribution in [0.15, 0.2) is 164 Å². The van der Waals surface area contributed by atoms with E-state index in [1.807, 2.05) is 60.7 Å². The highest BCUT2D eigenvalue weighted by molar-refractivity contribution is 7.88. The Bertz CT molecular complexity index is 1870.